The van der Waals surface area contributed by atoms with Crippen LogP contribution in [-0.2, 0) is 28.8 Å². The number of benzene rings is 2. The molecule has 0 radical (unpaired) electrons. The Morgan fingerprint density at radius 2 is 1.83 bits per heavy atom. The van der Waals surface area contributed by atoms with E-state index in [1.54, 1.807) is 7.11 Å². The van der Waals surface area contributed by atoms with Gasteiger partial charge in [-0.15, -0.1) is 0 Å². The molecular weight excluding hydrogens is 454 g/mol. The number of carboxylic acid groups (broad SMARTS) is 1. The summed E-state index contributed by atoms with van der Waals surface area (Å²) in [6, 6.07) is 14.5. The number of aliphatic hydroxyl groups is 1. The molecule has 0 aliphatic heterocycles. The van der Waals surface area contributed by atoms with E-state index in [0.29, 0.717) is 24.6 Å². The third-order valence-electron chi connectivity index (χ3n) is 7.12. The summed E-state index contributed by atoms with van der Waals surface area (Å²) < 4.78 is 11.7. The maximum absolute atomic E-state index is 11.2. The summed E-state index contributed by atoms with van der Waals surface area (Å²) in [4.78, 5) is 11.2. The van der Waals surface area contributed by atoms with Crippen molar-refractivity contribution < 1.29 is 24.5 Å². The van der Waals surface area contributed by atoms with Crippen molar-refractivity contribution in [2.24, 2.45) is 5.92 Å². The first kappa shape index (κ1) is 28.2. The highest BCUT2D eigenvalue weighted by Crippen LogP contribution is 2.33. The van der Waals surface area contributed by atoms with Gasteiger partial charge in [0.2, 0.25) is 0 Å². The lowest BCUT2D eigenvalue weighted by molar-refractivity contribution is -0.136. The first-order valence-corrected chi connectivity index (χ1v) is 13.2. The Morgan fingerprint density at radius 1 is 1.14 bits per heavy atom. The summed E-state index contributed by atoms with van der Waals surface area (Å²) in [6.07, 6.45) is 4.51. The van der Waals surface area contributed by atoms with Crippen LogP contribution < -0.4 is 10.1 Å². The molecule has 2 aromatic rings. The molecule has 2 atom stereocenters. The zero-order valence-corrected chi connectivity index (χ0v) is 22.3. The van der Waals surface area contributed by atoms with Gasteiger partial charge < -0.3 is 25.0 Å². The summed E-state index contributed by atoms with van der Waals surface area (Å²) in [5, 5.41) is 23.5. The molecule has 6 heteroatoms. The number of aliphatic hydroxyl groups excluding tert-OH is 1. The van der Waals surface area contributed by atoms with Gasteiger partial charge in [0.1, 0.15) is 5.75 Å². The fourth-order valence-corrected chi connectivity index (χ4v) is 5.43. The minimum Gasteiger partial charge on any atom is -0.496 e. The topological polar surface area (TPSA) is 88.0 Å². The second-order valence-electron chi connectivity index (χ2n) is 10.7. The molecule has 0 fully saturated rings. The largest absolute Gasteiger partial charge is 0.496 e. The zero-order valence-electron chi connectivity index (χ0n) is 22.3. The molecule has 198 valence electrons. The highest BCUT2D eigenvalue weighted by molar-refractivity contribution is 5.67. The normalized spacial score (nSPS) is 15.5. The summed E-state index contributed by atoms with van der Waals surface area (Å²) >= 11 is 0. The highest BCUT2D eigenvalue weighted by atomic mass is 16.5. The van der Waals surface area contributed by atoms with Crippen molar-refractivity contribution in [3.63, 3.8) is 0 Å². The van der Waals surface area contributed by atoms with Gasteiger partial charge in [-0.1, -0.05) is 49.7 Å². The molecule has 0 saturated heterocycles. The van der Waals surface area contributed by atoms with Crippen LogP contribution >= 0.6 is 0 Å². The number of nitrogens with one attached hydrogen (secondary N) is 1. The monoisotopic (exact) mass is 497 g/mol. The van der Waals surface area contributed by atoms with E-state index < -0.39 is 12.1 Å². The molecule has 0 aromatic heterocycles. The Balaban J connectivity index is 1.55. The number of ether oxygens (including phenoxy) is 2. The molecule has 2 aromatic carbocycles. The molecule has 6 nitrogen and oxygen atoms in total. The van der Waals surface area contributed by atoms with E-state index in [0.717, 1.165) is 43.2 Å². The molecule has 0 heterocycles. The van der Waals surface area contributed by atoms with Crippen LogP contribution in [0.1, 0.15) is 74.8 Å². The van der Waals surface area contributed by atoms with Crippen molar-refractivity contribution >= 4 is 5.97 Å². The number of β-amino-alcohol motifs (C(OH)–C–C–N with tert-alkyl or cyclic N) is 1. The number of aliphatic carboxylic acids is 1. The minimum absolute atomic E-state index is 0.0277. The Kier molecular flexibility index (Phi) is 10.3. The smallest absolute Gasteiger partial charge is 0.303 e. The fourth-order valence-electron chi connectivity index (χ4n) is 5.43. The van der Waals surface area contributed by atoms with E-state index in [4.69, 9.17) is 9.47 Å². The quantitative estimate of drug-likeness (QED) is 0.317. The Hall–Kier alpha value is -2.41. The number of hydrogen-bond donors (Lipinski definition) is 3. The number of hydrogen-bond acceptors (Lipinski definition) is 5. The van der Waals surface area contributed by atoms with Gasteiger partial charge in [-0.25, -0.2) is 0 Å². The van der Waals surface area contributed by atoms with Crippen LogP contribution in [0.15, 0.2) is 42.5 Å². The number of carboxylic acids is 1. The first-order valence-electron chi connectivity index (χ1n) is 13.2. The average Bonchev–Trinajstić information content (AvgIpc) is 3.25. The molecular formula is C30H43NO5. The van der Waals surface area contributed by atoms with Gasteiger partial charge in [0.15, 0.2) is 0 Å². The van der Waals surface area contributed by atoms with E-state index in [1.165, 1.54) is 11.1 Å². The summed E-state index contributed by atoms with van der Waals surface area (Å²) in [6.45, 7) is 7.16. The standard InChI is InChI=1S/C30H43NO5/c1-5-9-28(25-12-8-13-27(35-4)26(25)14-15-29(33)34)36-20-24(32)19-31-30(2,3)18-21-16-22-10-6-7-11-23(22)17-21/h6-8,10-13,21,24,28,31-32H,5,9,14-20H2,1-4H3,(H,33,34)/t24-,28-/m1/s1. The predicted octanol–water partition coefficient (Wildman–Crippen LogP) is 5.10. The number of rotatable bonds is 15. The third kappa shape index (κ3) is 8.05. The van der Waals surface area contributed by atoms with Crippen molar-refractivity contribution in [3.8, 4) is 5.75 Å². The van der Waals surface area contributed by atoms with Gasteiger partial charge in [-0.05, 0) is 74.6 Å². The summed E-state index contributed by atoms with van der Waals surface area (Å²) in [5.41, 5.74) is 4.65. The first-order chi connectivity index (χ1) is 17.2. The molecule has 36 heavy (non-hydrogen) atoms. The van der Waals surface area contributed by atoms with Crippen molar-refractivity contribution in [3.05, 3.63) is 64.7 Å². The number of methoxy groups -OCH3 is 1. The van der Waals surface area contributed by atoms with E-state index in [-0.39, 0.29) is 24.7 Å². The van der Waals surface area contributed by atoms with Gasteiger partial charge >= 0.3 is 5.97 Å². The summed E-state index contributed by atoms with van der Waals surface area (Å²) in [7, 11) is 1.60. The van der Waals surface area contributed by atoms with Crippen molar-refractivity contribution in [2.75, 3.05) is 20.3 Å². The lowest BCUT2D eigenvalue weighted by atomic mass is 9.88. The van der Waals surface area contributed by atoms with Crippen LogP contribution in [0.2, 0.25) is 0 Å². The second kappa shape index (κ2) is 13.2. The van der Waals surface area contributed by atoms with E-state index in [1.807, 2.05) is 18.2 Å². The lowest BCUT2D eigenvalue weighted by Gasteiger charge is -2.31. The van der Waals surface area contributed by atoms with E-state index >= 15 is 0 Å². The SMILES string of the molecule is CCC[C@@H](OC[C@H](O)CNC(C)(C)CC1Cc2ccccc2C1)c1cccc(OC)c1CCC(=O)O. The second-order valence-corrected chi connectivity index (χ2v) is 10.7. The van der Waals surface area contributed by atoms with Crippen LogP contribution in [0, 0.1) is 5.92 Å². The van der Waals surface area contributed by atoms with Crippen molar-refractivity contribution in [1.29, 1.82) is 0 Å². The Morgan fingerprint density at radius 3 is 2.44 bits per heavy atom. The predicted molar refractivity (Wildman–Crippen MR) is 143 cm³/mol. The van der Waals surface area contributed by atoms with Gasteiger partial charge in [0, 0.05) is 24.1 Å². The fraction of sp³-hybridized carbons (Fsp3) is 0.567. The maximum Gasteiger partial charge on any atom is 0.303 e. The lowest BCUT2D eigenvalue weighted by Crippen LogP contribution is -2.45. The number of fused-ring (bicyclic) bond motifs is 1. The average molecular weight is 498 g/mol. The molecule has 3 rings (SSSR count). The molecule has 0 bridgehead atoms. The van der Waals surface area contributed by atoms with Crippen molar-refractivity contribution in [2.45, 2.75) is 83.5 Å². The van der Waals surface area contributed by atoms with Crippen molar-refractivity contribution in [1.82, 2.24) is 5.32 Å². The molecule has 0 unspecified atom stereocenters. The van der Waals surface area contributed by atoms with Crippen LogP contribution in [0.25, 0.3) is 0 Å². The Bertz CT molecular complexity index is 964. The maximum atomic E-state index is 11.2. The van der Waals surface area contributed by atoms with Gasteiger partial charge in [-0.2, -0.15) is 0 Å². The van der Waals surface area contributed by atoms with Gasteiger partial charge in [0.05, 0.1) is 25.9 Å². The van der Waals surface area contributed by atoms with E-state index in [9.17, 15) is 15.0 Å². The van der Waals surface area contributed by atoms with Crippen LogP contribution in [0.5, 0.6) is 5.75 Å². The summed E-state index contributed by atoms with van der Waals surface area (Å²) in [5.74, 6) is 0.450. The molecule has 1 aliphatic carbocycles. The van der Waals surface area contributed by atoms with Gasteiger partial charge in [0.25, 0.3) is 0 Å². The van der Waals surface area contributed by atoms with Crippen LogP contribution in [0.4, 0.5) is 0 Å². The van der Waals surface area contributed by atoms with Gasteiger partial charge in [-0.3, -0.25) is 4.79 Å². The third-order valence-corrected chi connectivity index (χ3v) is 7.12. The molecule has 0 amide bonds. The number of carbonyl (C=O) groups is 1. The van der Waals surface area contributed by atoms with Crippen LogP contribution in [0.3, 0.4) is 0 Å². The minimum atomic E-state index is -0.842. The zero-order chi connectivity index (χ0) is 26.1. The van der Waals surface area contributed by atoms with Crippen LogP contribution in [-0.4, -0.2) is 48.1 Å². The molecule has 3 N–H and O–H groups in total. The Labute approximate surface area is 216 Å². The molecule has 0 saturated carbocycles. The molecule has 0 spiro atoms. The van der Waals surface area contributed by atoms with E-state index in [2.05, 4.69) is 50.4 Å². The molecule has 1 aliphatic rings. The highest BCUT2D eigenvalue weighted by Gasteiger charge is 2.28.